The lowest BCUT2D eigenvalue weighted by atomic mass is 10.3. The van der Waals surface area contributed by atoms with Crippen molar-refractivity contribution >= 4 is 48.5 Å². The number of thiazole rings is 1. The van der Waals surface area contributed by atoms with Gasteiger partial charge in [0.05, 0.1) is 15.1 Å². The number of aromatic nitrogens is 1. The Kier molecular flexibility index (Phi) is 3.70. The molecule has 0 aliphatic carbocycles. The zero-order valence-corrected chi connectivity index (χ0v) is 11.8. The Balaban J connectivity index is 2.35. The zero-order valence-electron chi connectivity index (χ0n) is 10.2. The van der Waals surface area contributed by atoms with Gasteiger partial charge < -0.3 is 5.32 Å². The maximum absolute atomic E-state index is 11.4. The summed E-state index contributed by atoms with van der Waals surface area (Å²) in [7, 11) is -2.47. The van der Waals surface area contributed by atoms with Crippen LogP contribution in [0.25, 0.3) is 10.2 Å². The van der Waals surface area contributed by atoms with Crippen molar-refractivity contribution in [3.8, 4) is 0 Å². The van der Waals surface area contributed by atoms with E-state index < -0.39 is 21.8 Å². The number of benzene rings is 1. The van der Waals surface area contributed by atoms with Crippen LogP contribution < -0.4 is 15.8 Å². The first kappa shape index (κ1) is 14.4. The molecule has 2 rings (SSSR count). The maximum Gasteiger partial charge on any atom is 0.315 e. The molecule has 0 radical (unpaired) electrons. The summed E-state index contributed by atoms with van der Waals surface area (Å²) in [5, 5.41) is 9.72. The summed E-state index contributed by atoms with van der Waals surface area (Å²) < 4.78 is 23.0. The Bertz CT molecular complexity index is 797. The third kappa shape index (κ3) is 2.92. The molecular formula is C10H10N4O4S2. The smallest absolute Gasteiger partial charge is 0.315 e. The highest BCUT2D eigenvalue weighted by Crippen LogP contribution is 2.27. The van der Waals surface area contributed by atoms with Crippen molar-refractivity contribution in [3.63, 3.8) is 0 Å². The molecule has 106 valence electrons. The van der Waals surface area contributed by atoms with Crippen molar-refractivity contribution in [1.82, 2.24) is 10.3 Å². The lowest BCUT2D eigenvalue weighted by molar-refractivity contribution is -0.135. The summed E-state index contributed by atoms with van der Waals surface area (Å²) >= 11 is 1.04. The molecule has 0 spiro atoms. The Hall–Kier alpha value is -2.04. The van der Waals surface area contributed by atoms with Gasteiger partial charge in [-0.05, 0) is 18.2 Å². The average molecular weight is 314 g/mol. The van der Waals surface area contributed by atoms with Gasteiger partial charge in [-0.1, -0.05) is 11.3 Å². The number of nitrogens with zero attached hydrogens (tertiary/aromatic N) is 1. The van der Waals surface area contributed by atoms with Crippen molar-refractivity contribution in [2.24, 2.45) is 5.14 Å². The third-order valence-electron chi connectivity index (χ3n) is 2.34. The van der Waals surface area contributed by atoms with Crippen LogP contribution in [0.2, 0.25) is 0 Å². The van der Waals surface area contributed by atoms with Gasteiger partial charge in [0.15, 0.2) is 5.13 Å². The SMILES string of the molecule is CNC(=O)C(=O)Nc1nc2ccc(S(N)(=O)=O)cc2s1. The van der Waals surface area contributed by atoms with Crippen LogP contribution in [-0.4, -0.2) is 32.3 Å². The summed E-state index contributed by atoms with van der Waals surface area (Å²) in [6.45, 7) is 0. The molecule has 2 amide bonds. The summed E-state index contributed by atoms with van der Waals surface area (Å²) in [4.78, 5) is 26.5. The number of amides is 2. The molecule has 0 aliphatic heterocycles. The van der Waals surface area contributed by atoms with Gasteiger partial charge in [0.1, 0.15) is 0 Å². The van der Waals surface area contributed by atoms with Crippen molar-refractivity contribution in [1.29, 1.82) is 0 Å². The molecule has 0 atom stereocenters. The van der Waals surface area contributed by atoms with Gasteiger partial charge in [-0.2, -0.15) is 0 Å². The second-order valence-electron chi connectivity index (χ2n) is 3.73. The minimum atomic E-state index is -3.80. The summed E-state index contributed by atoms with van der Waals surface area (Å²) in [6, 6.07) is 4.15. The zero-order chi connectivity index (χ0) is 14.9. The number of hydrogen-bond acceptors (Lipinski definition) is 6. The molecule has 8 nitrogen and oxygen atoms in total. The standard InChI is InChI=1S/C10H10N4O4S2/c1-12-8(15)9(16)14-10-13-6-3-2-5(20(11,17)18)4-7(6)19-10/h2-4H,1H3,(H,12,15)(H2,11,17,18)(H,13,14,16). The predicted molar refractivity (Wildman–Crippen MR) is 73.7 cm³/mol. The number of rotatable bonds is 2. The van der Waals surface area contributed by atoms with E-state index in [2.05, 4.69) is 15.6 Å². The first-order valence-electron chi connectivity index (χ1n) is 5.27. The number of sulfonamides is 1. The van der Waals surface area contributed by atoms with Crippen LogP contribution in [0.5, 0.6) is 0 Å². The van der Waals surface area contributed by atoms with E-state index in [0.717, 1.165) is 11.3 Å². The first-order valence-corrected chi connectivity index (χ1v) is 7.64. The van der Waals surface area contributed by atoms with Gasteiger partial charge in [-0.3, -0.25) is 14.9 Å². The fraction of sp³-hybridized carbons (Fsp3) is 0.100. The number of likely N-dealkylation sites (N-methyl/N-ethyl adjacent to an activating group) is 1. The molecule has 0 aliphatic rings. The summed E-state index contributed by atoms with van der Waals surface area (Å²) in [6.07, 6.45) is 0. The minimum absolute atomic E-state index is 0.0437. The Labute approximate surface area is 118 Å². The third-order valence-corrected chi connectivity index (χ3v) is 4.19. The van der Waals surface area contributed by atoms with Crippen LogP contribution in [0.4, 0.5) is 5.13 Å². The maximum atomic E-state index is 11.4. The molecule has 0 unspecified atom stereocenters. The second-order valence-corrected chi connectivity index (χ2v) is 6.32. The van der Waals surface area contributed by atoms with Gasteiger partial charge in [0.2, 0.25) is 10.0 Å². The lowest BCUT2D eigenvalue weighted by Gasteiger charge is -1.98. The summed E-state index contributed by atoms with van der Waals surface area (Å²) in [5.74, 6) is -1.65. The highest BCUT2D eigenvalue weighted by molar-refractivity contribution is 7.89. The molecule has 2 aromatic rings. The topological polar surface area (TPSA) is 131 Å². The molecule has 0 bridgehead atoms. The van der Waals surface area contributed by atoms with Gasteiger partial charge >= 0.3 is 11.8 Å². The van der Waals surface area contributed by atoms with Gasteiger partial charge in [0.25, 0.3) is 0 Å². The van der Waals surface area contributed by atoms with Crippen LogP contribution in [0.1, 0.15) is 0 Å². The Morgan fingerprint density at radius 2 is 2.00 bits per heavy atom. The largest absolute Gasteiger partial charge is 0.351 e. The number of carbonyl (C=O) groups is 2. The van der Waals surface area contributed by atoms with E-state index >= 15 is 0 Å². The number of fused-ring (bicyclic) bond motifs is 1. The van der Waals surface area contributed by atoms with E-state index in [-0.39, 0.29) is 10.0 Å². The molecule has 0 fully saturated rings. The quantitative estimate of drug-likeness (QED) is 0.651. The average Bonchev–Trinajstić information content (AvgIpc) is 2.77. The molecule has 1 aromatic heterocycles. The van der Waals surface area contributed by atoms with E-state index in [9.17, 15) is 18.0 Å². The molecule has 0 saturated heterocycles. The number of hydrogen-bond donors (Lipinski definition) is 3. The molecule has 1 aromatic carbocycles. The number of nitrogens with two attached hydrogens (primary N) is 1. The van der Waals surface area contributed by atoms with E-state index in [1.54, 1.807) is 0 Å². The fourth-order valence-corrected chi connectivity index (χ4v) is 2.92. The normalized spacial score (nSPS) is 11.3. The Morgan fingerprint density at radius 3 is 2.60 bits per heavy atom. The number of carbonyl (C=O) groups excluding carboxylic acids is 2. The van der Waals surface area contributed by atoms with Crippen molar-refractivity contribution in [2.45, 2.75) is 4.90 Å². The number of anilines is 1. The highest BCUT2D eigenvalue weighted by atomic mass is 32.2. The Morgan fingerprint density at radius 1 is 1.30 bits per heavy atom. The molecule has 0 saturated carbocycles. The molecule has 4 N–H and O–H groups in total. The highest BCUT2D eigenvalue weighted by Gasteiger charge is 2.15. The predicted octanol–water partition coefficient (Wildman–Crippen LogP) is -0.372. The molecule has 1 heterocycles. The van der Waals surface area contributed by atoms with Crippen molar-refractivity contribution in [2.75, 3.05) is 12.4 Å². The molecule has 10 heteroatoms. The van der Waals surface area contributed by atoms with Crippen LogP contribution >= 0.6 is 11.3 Å². The number of nitrogens with one attached hydrogen (secondary N) is 2. The van der Waals surface area contributed by atoms with Crippen LogP contribution in [0.3, 0.4) is 0 Å². The summed E-state index contributed by atoms with van der Waals surface area (Å²) in [5.41, 5.74) is 0.495. The van der Waals surface area contributed by atoms with Gasteiger partial charge in [0, 0.05) is 7.05 Å². The minimum Gasteiger partial charge on any atom is -0.351 e. The number of primary sulfonamides is 1. The van der Waals surface area contributed by atoms with Crippen molar-refractivity contribution < 1.29 is 18.0 Å². The fourth-order valence-electron chi connectivity index (χ4n) is 1.40. The monoisotopic (exact) mass is 314 g/mol. The van der Waals surface area contributed by atoms with E-state index in [0.29, 0.717) is 10.2 Å². The van der Waals surface area contributed by atoms with Crippen LogP contribution in [-0.2, 0) is 19.6 Å². The van der Waals surface area contributed by atoms with Crippen molar-refractivity contribution in [3.05, 3.63) is 18.2 Å². The van der Waals surface area contributed by atoms with E-state index in [4.69, 9.17) is 5.14 Å². The first-order chi connectivity index (χ1) is 9.31. The molecular weight excluding hydrogens is 304 g/mol. The van der Waals surface area contributed by atoms with E-state index in [1.165, 1.54) is 25.2 Å². The van der Waals surface area contributed by atoms with Gasteiger partial charge in [-0.15, -0.1) is 0 Å². The van der Waals surface area contributed by atoms with Crippen LogP contribution in [0, 0.1) is 0 Å². The molecule has 20 heavy (non-hydrogen) atoms. The van der Waals surface area contributed by atoms with Crippen LogP contribution in [0.15, 0.2) is 23.1 Å². The van der Waals surface area contributed by atoms with Gasteiger partial charge in [-0.25, -0.2) is 18.5 Å². The lowest BCUT2D eigenvalue weighted by Crippen LogP contribution is -2.32. The van der Waals surface area contributed by atoms with E-state index in [1.807, 2.05) is 0 Å². The second kappa shape index (κ2) is 5.15.